The zero-order chi connectivity index (χ0) is 11.3. The minimum atomic E-state index is 0.548. The summed E-state index contributed by atoms with van der Waals surface area (Å²) in [5, 5.41) is 5.75. The lowest BCUT2D eigenvalue weighted by Crippen LogP contribution is -2.35. The van der Waals surface area contributed by atoms with Crippen molar-refractivity contribution in [2.75, 3.05) is 20.6 Å². The van der Waals surface area contributed by atoms with Gasteiger partial charge >= 0.3 is 0 Å². The Kier molecular flexibility index (Phi) is 5.29. The number of rotatable bonds is 6. The van der Waals surface area contributed by atoms with Gasteiger partial charge in [-0.2, -0.15) is 0 Å². The molecule has 1 heterocycles. The molecule has 2 nitrogen and oxygen atoms in total. The molecule has 0 saturated heterocycles. The van der Waals surface area contributed by atoms with Gasteiger partial charge in [0.2, 0.25) is 0 Å². The molecule has 1 atom stereocenters. The quantitative estimate of drug-likeness (QED) is 0.801. The van der Waals surface area contributed by atoms with Crippen LogP contribution in [0.25, 0.3) is 0 Å². The van der Waals surface area contributed by atoms with Crippen molar-refractivity contribution in [2.24, 2.45) is 0 Å². The average molecular weight is 226 g/mol. The van der Waals surface area contributed by atoms with Crippen LogP contribution in [-0.4, -0.2) is 31.6 Å². The summed E-state index contributed by atoms with van der Waals surface area (Å²) in [5.74, 6) is 0. The van der Waals surface area contributed by atoms with Gasteiger partial charge in [0.25, 0.3) is 0 Å². The maximum Gasteiger partial charge on any atom is 0.0305 e. The van der Waals surface area contributed by atoms with E-state index in [1.165, 1.54) is 10.4 Å². The fourth-order valence-corrected chi connectivity index (χ4v) is 2.64. The highest BCUT2D eigenvalue weighted by atomic mass is 32.1. The number of likely N-dealkylation sites (N-methyl/N-ethyl adjacent to an activating group) is 1. The first-order chi connectivity index (χ1) is 7.13. The summed E-state index contributed by atoms with van der Waals surface area (Å²) in [6.07, 6.45) is 1.14. The first kappa shape index (κ1) is 12.7. The molecule has 3 heteroatoms. The van der Waals surface area contributed by atoms with E-state index in [0.717, 1.165) is 19.5 Å². The van der Waals surface area contributed by atoms with E-state index >= 15 is 0 Å². The van der Waals surface area contributed by atoms with Crippen LogP contribution in [-0.2, 0) is 13.0 Å². The normalized spacial score (nSPS) is 13.4. The second-order valence-corrected chi connectivity index (χ2v) is 5.27. The van der Waals surface area contributed by atoms with Crippen molar-refractivity contribution in [3.05, 3.63) is 21.9 Å². The number of hydrogen-bond donors (Lipinski definition) is 1. The molecule has 0 amide bonds. The van der Waals surface area contributed by atoms with Crippen molar-refractivity contribution in [3.63, 3.8) is 0 Å². The summed E-state index contributed by atoms with van der Waals surface area (Å²) in [5.41, 5.74) is 1.49. The van der Waals surface area contributed by atoms with Crippen molar-refractivity contribution in [1.29, 1.82) is 0 Å². The highest BCUT2D eigenvalue weighted by Gasteiger charge is 2.05. The average Bonchev–Trinajstić information content (AvgIpc) is 2.60. The van der Waals surface area contributed by atoms with Gasteiger partial charge in [0.1, 0.15) is 0 Å². The monoisotopic (exact) mass is 226 g/mol. The van der Waals surface area contributed by atoms with Crippen LogP contribution in [0.5, 0.6) is 0 Å². The first-order valence-corrected chi connectivity index (χ1v) is 6.44. The Morgan fingerprint density at radius 1 is 1.47 bits per heavy atom. The van der Waals surface area contributed by atoms with Crippen molar-refractivity contribution in [1.82, 2.24) is 10.2 Å². The van der Waals surface area contributed by atoms with Crippen molar-refractivity contribution in [3.8, 4) is 0 Å². The van der Waals surface area contributed by atoms with E-state index in [9.17, 15) is 0 Å². The Morgan fingerprint density at radius 2 is 2.20 bits per heavy atom. The van der Waals surface area contributed by atoms with E-state index in [-0.39, 0.29) is 0 Å². The van der Waals surface area contributed by atoms with Crippen LogP contribution in [0, 0.1) is 0 Å². The molecule has 1 unspecified atom stereocenters. The van der Waals surface area contributed by atoms with Gasteiger partial charge in [0.15, 0.2) is 0 Å². The molecular formula is C12H22N2S. The lowest BCUT2D eigenvalue weighted by atomic mass is 10.2. The maximum absolute atomic E-state index is 3.56. The second kappa shape index (κ2) is 6.26. The van der Waals surface area contributed by atoms with E-state index in [2.05, 4.69) is 49.6 Å². The largest absolute Gasteiger partial charge is 0.308 e. The molecule has 0 saturated carbocycles. The maximum atomic E-state index is 3.56. The van der Waals surface area contributed by atoms with Gasteiger partial charge in [-0.25, -0.2) is 0 Å². The summed E-state index contributed by atoms with van der Waals surface area (Å²) in [7, 11) is 4.22. The minimum Gasteiger partial charge on any atom is -0.308 e. The standard InChI is InChI=1S/C12H22N2S/c1-5-11-6-7-15-12(11)8-13-10(2)9-14(3)4/h6-7,10,13H,5,8-9H2,1-4H3. The van der Waals surface area contributed by atoms with Crippen LogP contribution < -0.4 is 5.32 Å². The lowest BCUT2D eigenvalue weighted by Gasteiger charge is -2.18. The van der Waals surface area contributed by atoms with Gasteiger partial charge in [0, 0.05) is 24.0 Å². The van der Waals surface area contributed by atoms with Gasteiger partial charge in [-0.3, -0.25) is 0 Å². The molecule has 0 spiro atoms. The number of hydrogen-bond acceptors (Lipinski definition) is 3. The molecule has 0 fully saturated rings. The van der Waals surface area contributed by atoms with E-state index in [1.807, 2.05) is 11.3 Å². The Balaban J connectivity index is 2.36. The minimum absolute atomic E-state index is 0.548. The van der Waals surface area contributed by atoms with Gasteiger partial charge in [-0.1, -0.05) is 6.92 Å². The smallest absolute Gasteiger partial charge is 0.0305 e. The van der Waals surface area contributed by atoms with Gasteiger partial charge in [-0.15, -0.1) is 11.3 Å². The topological polar surface area (TPSA) is 15.3 Å². The molecule has 1 aromatic rings. The highest BCUT2D eigenvalue weighted by molar-refractivity contribution is 7.10. The number of nitrogens with zero attached hydrogens (tertiary/aromatic N) is 1. The molecule has 0 aromatic carbocycles. The molecule has 1 rings (SSSR count). The Labute approximate surface area is 97.3 Å². The summed E-state index contributed by atoms with van der Waals surface area (Å²) in [6.45, 7) is 6.55. The van der Waals surface area contributed by atoms with Crippen LogP contribution in [0.15, 0.2) is 11.4 Å². The molecule has 86 valence electrons. The van der Waals surface area contributed by atoms with E-state index < -0.39 is 0 Å². The van der Waals surface area contributed by atoms with Crippen molar-refractivity contribution >= 4 is 11.3 Å². The van der Waals surface area contributed by atoms with E-state index in [1.54, 1.807) is 0 Å². The van der Waals surface area contributed by atoms with Gasteiger partial charge in [-0.05, 0) is 44.4 Å². The van der Waals surface area contributed by atoms with Crippen molar-refractivity contribution < 1.29 is 0 Å². The van der Waals surface area contributed by atoms with E-state index in [4.69, 9.17) is 0 Å². The van der Waals surface area contributed by atoms with Gasteiger partial charge < -0.3 is 10.2 Å². The third-order valence-electron chi connectivity index (χ3n) is 2.47. The number of thiophene rings is 1. The third kappa shape index (κ3) is 4.33. The zero-order valence-electron chi connectivity index (χ0n) is 10.2. The van der Waals surface area contributed by atoms with E-state index in [0.29, 0.717) is 6.04 Å². The van der Waals surface area contributed by atoms with Crippen LogP contribution >= 0.6 is 11.3 Å². The molecule has 15 heavy (non-hydrogen) atoms. The highest BCUT2D eigenvalue weighted by Crippen LogP contribution is 2.16. The lowest BCUT2D eigenvalue weighted by molar-refractivity contribution is 0.349. The molecule has 0 aliphatic heterocycles. The predicted octanol–water partition coefficient (Wildman–Crippen LogP) is 2.35. The molecule has 0 radical (unpaired) electrons. The Hall–Kier alpha value is -0.380. The molecule has 0 aliphatic rings. The predicted molar refractivity (Wildman–Crippen MR) is 68.6 cm³/mol. The SMILES string of the molecule is CCc1ccsc1CNC(C)CN(C)C. The van der Waals surface area contributed by atoms with Gasteiger partial charge in [0.05, 0.1) is 0 Å². The molecule has 0 bridgehead atoms. The van der Waals surface area contributed by atoms with Crippen LogP contribution in [0.2, 0.25) is 0 Å². The first-order valence-electron chi connectivity index (χ1n) is 5.56. The Bertz CT molecular complexity index is 281. The summed E-state index contributed by atoms with van der Waals surface area (Å²) < 4.78 is 0. The van der Waals surface area contributed by atoms with Crippen LogP contribution in [0.3, 0.4) is 0 Å². The summed E-state index contributed by atoms with van der Waals surface area (Å²) in [6, 6.07) is 2.78. The van der Waals surface area contributed by atoms with Crippen molar-refractivity contribution in [2.45, 2.75) is 32.9 Å². The molecule has 0 aliphatic carbocycles. The van der Waals surface area contributed by atoms with Crippen LogP contribution in [0.1, 0.15) is 24.3 Å². The molecule has 1 N–H and O–H groups in total. The zero-order valence-corrected chi connectivity index (χ0v) is 11.0. The molecule has 1 aromatic heterocycles. The van der Waals surface area contributed by atoms with Crippen LogP contribution in [0.4, 0.5) is 0 Å². The third-order valence-corrected chi connectivity index (χ3v) is 3.43. The number of nitrogens with one attached hydrogen (secondary N) is 1. The number of aryl methyl sites for hydroxylation is 1. The molecular weight excluding hydrogens is 204 g/mol. The fourth-order valence-electron chi connectivity index (χ4n) is 1.72. The summed E-state index contributed by atoms with van der Waals surface area (Å²) in [4.78, 5) is 3.70. The summed E-state index contributed by atoms with van der Waals surface area (Å²) >= 11 is 1.86. The second-order valence-electron chi connectivity index (χ2n) is 4.27. The Morgan fingerprint density at radius 3 is 2.80 bits per heavy atom. The fraction of sp³-hybridized carbons (Fsp3) is 0.667.